The Morgan fingerprint density at radius 2 is 1.81 bits per heavy atom. The van der Waals surface area contributed by atoms with E-state index >= 15 is 0 Å². The molecule has 1 N–H and O–H groups in total. The summed E-state index contributed by atoms with van der Waals surface area (Å²) >= 11 is 0. The van der Waals surface area contributed by atoms with Gasteiger partial charge in [-0.05, 0) is 19.1 Å². The van der Waals surface area contributed by atoms with Gasteiger partial charge >= 0.3 is 0 Å². The van der Waals surface area contributed by atoms with Crippen molar-refractivity contribution in [3.8, 4) is 0 Å². The molecule has 0 atom stereocenters. The van der Waals surface area contributed by atoms with E-state index in [4.69, 9.17) is 9.29 Å². The van der Waals surface area contributed by atoms with Gasteiger partial charge in [0, 0.05) is 12.8 Å². The molecule has 0 spiro atoms. The number of benzene rings is 1. The predicted molar refractivity (Wildman–Crippen MR) is 58.5 cm³/mol. The third-order valence-electron chi connectivity index (χ3n) is 2.64. The van der Waals surface area contributed by atoms with Crippen LogP contribution in [0, 0.1) is 6.92 Å². The number of aliphatic hydroxyl groups excluding tert-OH is 1. The summed E-state index contributed by atoms with van der Waals surface area (Å²) in [5.41, 5.74) is 0.998. The summed E-state index contributed by atoms with van der Waals surface area (Å²) in [6.45, 7) is 1.89. The van der Waals surface area contributed by atoms with Gasteiger partial charge in [0.2, 0.25) is 0 Å². The standard InChI is InChI=1S/C11H14O4S/c1-8-2-4-11(5-3-8)16(13,14)15-10-6-9(12)7-10/h2-5,9-10,12H,6-7H2,1H3. The maximum absolute atomic E-state index is 11.7. The van der Waals surface area contributed by atoms with E-state index in [9.17, 15) is 8.42 Å². The molecular formula is C11H14O4S. The van der Waals surface area contributed by atoms with Crippen LogP contribution in [0.3, 0.4) is 0 Å². The lowest BCUT2D eigenvalue weighted by atomic mass is 9.93. The van der Waals surface area contributed by atoms with Gasteiger partial charge < -0.3 is 5.11 Å². The number of hydrogen-bond acceptors (Lipinski definition) is 4. The van der Waals surface area contributed by atoms with Gasteiger partial charge in [0.15, 0.2) is 0 Å². The van der Waals surface area contributed by atoms with E-state index in [1.807, 2.05) is 6.92 Å². The molecule has 0 bridgehead atoms. The molecule has 1 fully saturated rings. The Bertz CT molecular complexity index is 457. The van der Waals surface area contributed by atoms with Crippen LogP contribution in [-0.4, -0.2) is 25.7 Å². The molecule has 0 aliphatic heterocycles. The average molecular weight is 242 g/mol. The van der Waals surface area contributed by atoms with Gasteiger partial charge in [0.1, 0.15) is 0 Å². The smallest absolute Gasteiger partial charge is 0.297 e. The first kappa shape index (κ1) is 11.6. The third-order valence-corrected chi connectivity index (χ3v) is 4.02. The summed E-state index contributed by atoms with van der Waals surface area (Å²) < 4.78 is 28.5. The molecule has 1 aliphatic rings. The summed E-state index contributed by atoms with van der Waals surface area (Å²) in [5, 5.41) is 9.05. The summed E-state index contributed by atoms with van der Waals surface area (Å²) in [5.74, 6) is 0. The zero-order valence-electron chi connectivity index (χ0n) is 8.96. The Balaban J connectivity index is 2.10. The highest BCUT2D eigenvalue weighted by molar-refractivity contribution is 7.86. The maximum Gasteiger partial charge on any atom is 0.297 e. The van der Waals surface area contributed by atoms with E-state index in [-0.39, 0.29) is 11.0 Å². The van der Waals surface area contributed by atoms with E-state index in [0.29, 0.717) is 12.8 Å². The monoisotopic (exact) mass is 242 g/mol. The van der Waals surface area contributed by atoms with Crippen molar-refractivity contribution in [3.05, 3.63) is 29.8 Å². The minimum absolute atomic E-state index is 0.166. The van der Waals surface area contributed by atoms with Crippen LogP contribution in [0.15, 0.2) is 29.2 Å². The second-order valence-corrected chi connectivity index (χ2v) is 5.68. The van der Waals surface area contributed by atoms with Gasteiger partial charge in [-0.25, -0.2) is 0 Å². The summed E-state index contributed by atoms with van der Waals surface area (Å²) in [4.78, 5) is 0.166. The third kappa shape index (κ3) is 2.42. The Hall–Kier alpha value is -0.910. The zero-order chi connectivity index (χ0) is 11.8. The molecule has 1 aromatic carbocycles. The highest BCUT2D eigenvalue weighted by Crippen LogP contribution is 2.27. The fourth-order valence-electron chi connectivity index (χ4n) is 1.56. The first-order valence-electron chi connectivity index (χ1n) is 5.15. The van der Waals surface area contributed by atoms with Gasteiger partial charge in [0.05, 0.1) is 17.1 Å². The van der Waals surface area contributed by atoms with E-state index in [0.717, 1.165) is 5.56 Å². The van der Waals surface area contributed by atoms with Crippen molar-refractivity contribution < 1.29 is 17.7 Å². The molecule has 0 heterocycles. The van der Waals surface area contributed by atoms with Crippen LogP contribution in [0.5, 0.6) is 0 Å². The number of aryl methyl sites for hydroxylation is 1. The van der Waals surface area contributed by atoms with Gasteiger partial charge in [-0.1, -0.05) is 17.7 Å². The van der Waals surface area contributed by atoms with Crippen LogP contribution in [0.2, 0.25) is 0 Å². The van der Waals surface area contributed by atoms with Crippen molar-refractivity contribution >= 4 is 10.1 Å². The van der Waals surface area contributed by atoms with Crippen LogP contribution >= 0.6 is 0 Å². The minimum atomic E-state index is -3.67. The molecule has 1 saturated carbocycles. The molecule has 2 rings (SSSR count). The van der Waals surface area contributed by atoms with Crippen molar-refractivity contribution in [3.63, 3.8) is 0 Å². The molecule has 0 amide bonds. The Labute approximate surface area is 95.0 Å². The minimum Gasteiger partial charge on any atom is -0.393 e. The Morgan fingerprint density at radius 3 is 2.31 bits per heavy atom. The first-order valence-corrected chi connectivity index (χ1v) is 6.56. The topological polar surface area (TPSA) is 63.6 Å². The summed E-state index contributed by atoms with van der Waals surface area (Å²) in [6, 6.07) is 6.51. The SMILES string of the molecule is Cc1ccc(S(=O)(=O)OC2CC(O)C2)cc1. The molecular weight excluding hydrogens is 228 g/mol. The van der Waals surface area contributed by atoms with Gasteiger partial charge in [-0.15, -0.1) is 0 Å². The quantitative estimate of drug-likeness (QED) is 0.810. The molecule has 0 unspecified atom stereocenters. The van der Waals surface area contributed by atoms with E-state index in [1.54, 1.807) is 12.1 Å². The number of aliphatic hydroxyl groups is 1. The molecule has 5 heteroatoms. The van der Waals surface area contributed by atoms with Crippen LogP contribution in [0.1, 0.15) is 18.4 Å². The Morgan fingerprint density at radius 1 is 1.25 bits per heavy atom. The molecule has 16 heavy (non-hydrogen) atoms. The maximum atomic E-state index is 11.7. The molecule has 0 saturated heterocycles. The number of hydrogen-bond donors (Lipinski definition) is 1. The van der Waals surface area contributed by atoms with Gasteiger partial charge in [0.25, 0.3) is 10.1 Å². The fourth-order valence-corrected chi connectivity index (χ4v) is 2.65. The molecule has 0 radical (unpaired) electrons. The lowest BCUT2D eigenvalue weighted by molar-refractivity contribution is -0.00728. The molecule has 0 aromatic heterocycles. The molecule has 4 nitrogen and oxygen atoms in total. The average Bonchev–Trinajstić information content (AvgIpc) is 2.15. The lowest BCUT2D eigenvalue weighted by Crippen LogP contribution is -2.36. The second kappa shape index (κ2) is 4.16. The van der Waals surface area contributed by atoms with E-state index < -0.39 is 16.2 Å². The van der Waals surface area contributed by atoms with Crippen molar-refractivity contribution in [1.82, 2.24) is 0 Å². The van der Waals surface area contributed by atoms with Crippen LogP contribution in [0.4, 0.5) is 0 Å². The fraction of sp³-hybridized carbons (Fsp3) is 0.455. The van der Waals surface area contributed by atoms with Crippen molar-refractivity contribution in [1.29, 1.82) is 0 Å². The van der Waals surface area contributed by atoms with Crippen LogP contribution < -0.4 is 0 Å². The summed E-state index contributed by atoms with van der Waals surface area (Å²) in [7, 11) is -3.67. The molecule has 1 aromatic rings. The normalized spacial score (nSPS) is 25.1. The highest BCUT2D eigenvalue weighted by atomic mass is 32.2. The van der Waals surface area contributed by atoms with Gasteiger partial charge in [-0.3, -0.25) is 4.18 Å². The molecule has 1 aliphatic carbocycles. The van der Waals surface area contributed by atoms with Crippen LogP contribution in [0.25, 0.3) is 0 Å². The predicted octanol–water partition coefficient (Wildman–Crippen LogP) is 1.22. The summed E-state index contributed by atoms with van der Waals surface area (Å²) in [6.07, 6.45) is -0.00423. The lowest BCUT2D eigenvalue weighted by Gasteiger charge is -2.30. The zero-order valence-corrected chi connectivity index (χ0v) is 9.78. The Kier molecular flexibility index (Phi) is 3.01. The molecule has 88 valence electrons. The highest BCUT2D eigenvalue weighted by Gasteiger charge is 2.32. The van der Waals surface area contributed by atoms with Gasteiger partial charge in [-0.2, -0.15) is 8.42 Å². The largest absolute Gasteiger partial charge is 0.393 e. The first-order chi connectivity index (χ1) is 7.47. The van der Waals surface area contributed by atoms with Crippen molar-refractivity contribution in [2.24, 2.45) is 0 Å². The second-order valence-electron chi connectivity index (χ2n) is 4.11. The van der Waals surface area contributed by atoms with E-state index in [2.05, 4.69) is 0 Å². The van der Waals surface area contributed by atoms with Crippen molar-refractivity contribution in [2.45, 2.75) is 36.9 Å². The van der Waals surface area contributed by atoms with Crippen molar-refractivity contribution in [2.75, 3.05) is 0 Å². The van der Waals surface area contributed by atoms with Crippen LogP contribution in [-0.2, 0) is 14.3 Å². The number of rotatable bonds is 3. The van der Waals surface area contributed by atoms with E-state index in [1.165, 1.54) is 12.1 Å².